The summed E-state index contributed by atoms with van der Waals surface area (Å²) in [6, 6.07) is 3.82. The van der Waals surface area contributed by atoms with E-state index in [2.05, 4.69) is 44.5 Å². The molecule has 0 fully saturated rings. The van der Waals surface area contributed by atoms with Crippen LogP contribution >= 0.6 is 27.7 Å². The Labute approximate surface area is 125 Å². The summed E-state index contributed by atoms with van der Waals surface area (Å²) in [5, 5.41) is 4.59. The summed E-state index contributed by atoms with van der Waals surface area (Å²) in [5.74, 6) is 1.42. The van der Waals surface area contributed by atoms with Crippen molar-refractivity contribution in [3.8, 4) is 0 Å². The second-order valence-corrected chi connectivity index (χ2v) is 5.93. The SMILES string of the molecule is CCc1nn(CC)c(CSc2ccc(N)nc2)c1Br. The number of thioether (sulfide) groups is 1. The van der Waals surface area contributed by atoms with Crippen LogP contribution in [-0.4, -0.2) is 14.8 Å². The number of halogens is 1. The Morgan fingerprint density at radius 3 is 2.74 bits per heavy atom. The molecule has 4 nitrogen and oxygen atoms in total. The zero-order valence-electron chi connectivity index (χ0n) is 11.1. The van der Waals surface area contributed by atoms with Gasteiger partial charge < -0.3 is 5.73 Å². The van der Waals surface area contributed by atoms with E-state index >= 15 is 0 Å². The Balaban J connectivity index is 2.14. The Morgan fingerprint density at radius 2 is 2.16 bits per heavy atom. The number of nitrogens with zero attached hydrogens (tertiary/aromatic N) is 3. The molecule has 6 heteroatoms. The molecule has 2 rings (SSSR count). The van der Waals surface area contributed by atoms with Crippen LogP contribution in [0.1, 0.15) is 25.2 Å². The molecule has 0 aliphatic rings. The number of hydrogen-bond donors (Lipinski definition) is 1. The molecule has 0 aliphatic carbocycles. The lowest BCUT2D eigenvalue weighted by molar-refractivity contribution is 0.627. The number of pyridine rings is 1. The van der Waals surface area contributed by atoms with E-state index < -0.39 is 0 Å². The van der Waals surface area contributed by atoms with Crippen molar-refractivity contribution in [2.24, 2.45) is 0 Å². The van der Waals surface area contributed by atoms with E-state index in [4.69, 9.17) is 5.73 Å². The zero-order valence-corrected chi connectivity index (χ0v) is 13.5. The molecule has 2 aromatic rings. The van der Waals surface area contributed by atoms with Crippen molar-refractivity contribution >= 4 is 33.5 Å². The highest BCUT2D eigenvalue weighted by molar-refractivity contribution is 9.10. The van der Waals surface area contributed by atoms with Gasteiger partial charge in [-0.2, -0.15) is 5.10 Å². The van der Waals surface area contributed by atoms with Crippen molar-refractivity contribution in [2.45, 2.75) is 37.5 Å². The zero-order chi connectivity index (χ0) is 13.8. The number of nitrogen functional groups attached to an aromatic ring is 1. The lowest BCUT2D eigenvalue weighted by Crippen LogP contribution is -2.02. The van der Waals surface area contributed by atoms with Crippen molar-refractivity contribution in [2.75, 3.05) is 5.73 Å². The molecule has 102 valence electrons. The van der Waals surface area contributed by atoms with Crippen LogP contribution in [0.5, 0.6) is 0 Å². The van der Waals surface area contributed by atoms with Gasteiger partial charge in [0, 0.05) is 23.4 Å². The smallest absolute Gasteiger partial charge is 0.123 e. The topological polar surface area (TPSA) is 56.7 Å². The predicted molar refractivity (Wildman–Crippen MR) is 83.2 cm³/mol. The van der Waals surface area contributed by atoms with Crippen molar-refractivity contribution in [3.05, 3.63) is 34.2 Å². The largest absolute Gasteiger partial charge is 0.384 e. The minimum absolute atomic E-state index is 0.553. The molecule has 0 atom stereocenters. The van der Waals surface area contributed by atoms with Gasteiger partial charge >= 0.3 is 0 Å². The van der Waals surface area contributed by atoms with Gasteiger partial charge in [0.05, 0.1) is 15.9 Å². The molecule has 0 unspecified atom stereocenters. The first-order valence-corrected chi connectivity index (χ1v) is 8.01. The van der Waals surface area contributed by atoms with Crippen LogP contribution in [0.25, 0.3) is 0 Å². The number of hydrogen-bond acceptors (Lipinski definition) is 4. The number of aryl methyl sites for hydroxylation is 2. The summed E-state index contributed by atoms with van der Waals surface area (Å²) in [4.78, 5) is 5.21. The molecule has 2 heterocycles. The molecule has 0 saturated carbocycles. The van der Waals surface area contributed by atoms with Gasteiger partial charge in [0.1, 0.15) is 5.82 Å². The first-order chi connectivity index (χ1) is 9.15. The predicted octanol–water partition coefficient (Wildman–Crippen LogP) is 3.50. The van der Waals surface area contributed by atoms with Crippen LogP contribution in [-0.2, 0) is 18.7 Å². The maximum absolute atomic E-state index is 5.58. The third-order valence-corrected chi connectivity index (χ3v) is 4.74. The third kappa shape index (κ3) is 3.30. The highest BCUT2D eigenvalue weighted by Crippen LogP contribution is 2.29. The minimum Gasteiger partial charge on any atom is -0.384 e. The highest BCUT2D eigenvalue weighted by atomic mass is 79.9. The fourth-order valence-electron chi connectivity index (χ4n) is 1.78. The van der Waals surface area contributed by atoms with Crippen molar-refractivity contribution in [1.82, 2.24) is 14.8 Å². The monoisotopic (exact) mass is 340 g/mol. The average Bonchev–Trinajstić information content (AvgIpc) is 2.74. The van der Waals surface area contributed by atoms with Crippen LogP contribution in [0, 0.1) is 0 Å². The molecule has 0 saturated heterocycles. The molecule has 0 spiro atoms. The van der Waals surface area contributed by atoms with Gasteiger partial charge in [-0.1, -0.05) is 6.92 Å². The summed E-state index contributed by atoms with van der Waals surface area (Å²) < 4.78 is 3.19. The number of rotatable bonds is 5. The number of anilines is 1. The summed E-state index contributed by atoms with van der Waals surface area (Å²) in [6.07, 6.45) is 2.75. The standard InChI is InChI=1S/C13H17BrN4S/c1-3-10-13(14)11(18(4-2)17-10)8-19-9-5-6-12(15)16-7-9/h5-7H,3-4,8H2,1-2H3,(H2,15,16). The lowest BCUT2D eigenvalue weighted by atomic mass is 10.3. The van der Waals surface area contributed by atoms with Crippen molar-refractivity contribution in [3.63, 3.8) is 0 Å². The maximum Gasteiger partial charge on any atom is 0.123 e. The summed E-state index contributed by atoms with van der Waals surface area (Å²) in [5.41, 5.74) is 7.92. The Kier molecular flexibility index (Phi) is 4.87. The molecule has 0 aliphatic heterocycles. The van der Waals surface area contributed by atoms with Crippen LogP contribution in [0.3, 0.4) is 0 Å². The molecule has 2 N–H and O–H groups in total. The molecule has 0 aromatic carbocycles. The van der Waals surface area contributed by atoms with E-state index in [-0.39, 0.29) is 0 Å². The van der Waals surface area contributed by atoms with E-state index in [1.165, 1.54) is 5.69 Å². The quantitative estimate of drug-likeness (QED) is 0.846. The molecule has 0 bridgehead atoms. The van der Waals surface area contributed by atoms with Gasteiger partial charge in [-0.05, 0) is 41.4 Å². The Morgan fingerprint density at radius 1 is 1.37 bits per heavy atom. The highest BCUT2D eigenvalue weighted by Gasteiger charge is 2.13. The molecule has 19 heavy (non-hydrogen) atoms. The molecule has 2 aromatic heterocycles. The first kappa shape index (κ1) is 14.4. The van der Waals surface area contributed by atoms with E-state index in [1.54, 1.807) is 18.0 Å². The first-order valence-electron chi connectivity index (χ1n) is 6.24. The maximum atomic E-state index is 5.58. The van der Waals surface area contributed by atoms with Gasteiger partial charge in [-0.3, -0.25) is 4.68 Å². The van der Waals surface area contributed by atoms with Crippen LogP contribution in [0.15, 0.2) is 27.7 Å². The minimum atomic E-state index is 0.553. The third-order valence-electron chi connectivity index (χ3n) is 2.83. The van der Waals surface area contributed by atoms with Crippen molar-refractivity contribution in [1.29, 1.82) is 0 Å². The number of nitrogens with two attached hydrogens (primary N) is 1. The van der Waals surface area contributed by atoms with Gasteiger partial charge in [-0.15, -0.1) is 11.8 Å². The molecule has 0 radical (unpaired) electrons. The van der Waals surface area contributed by atoms with Crippen LogP contribution < -0.4 is 5.73 Å². The van der Waals surface area contributed by atoms with Gasteiger partial charge in [0.25, 0.3) is 0 Å². The summed E-state index contributed by atoms with van der Waals surface area (Å²) >= 11 is 5.40. The summed E-state index contributed by atoms with van der Waals surface area (Å²) in [7, 11) is 0. The fourth-order valence-corrected chi connectivity index (χ4v) is 3.56. The molecule has 0 amide bonds. The van der Waals surface area contributed by atoms with E-state index in [0.717, 1.165) is 33.8 Å². The van der Waals surface area contributed by atoms with Crippen LogP contribution in [0.4, 0.5) is 5.82 Å². The van der Waals surface area contributed by atoms with E-state index in [9.17, 15) is 0 Å². The second-order valence-electron chi connectivity index (χ2n) is 4.08. The molecular formula is C13H17BrN4S. The Bertz CT molecular complexity index is 551. The normalized spacial score (nSPS) is 10.9. The Hall–Kier alpha value is -1.01. The van der Waals surface area contributed by atoms with Gasteiger partial charge in [0.15, 0.2) is 0 Å². The van der Waals surface area contributed by atoms with E-state index in [1.807, 2.05) is 12.1 Å². The van der Waals surface area contributed by atoms with E-state index in [0.29, 0.717) is 5.82 Å². The summed E-state index contributed by atoms with van der Waals surface area (Å²) in [6.45, 7) is 5.11. The van der Waals surface area contributed by atoms with Gasteiger partial charge in [0.2, 0.25) is 0 Å². The second kappa shape index (κ2) is 6.43. The van der Waals surface area contributed by atoms with Crippen molar-refractivity contribution < 1.29 is 0 Å². The fraction of sp³-hybridized carbons (Fsp3) is 0.385. The van der Waals surface area contributed by atoms with Gasteiger partial charge in [-0.25, -0.2) is 4.98 Å². The van der Waals surface area contributed by atoms with Crippen LogP contribution in [0.2, 0.25) is 0 Å². The average molecular weight is 341 g/mol. The lowest BCUT2D eigenvalue weighted by Gasteiger charge is -2.05. The molecular weight excluding hydrogens is 324 g/mol. The number of aromatic nitrogens is 3.